The van der Waals surface area contributed by atoms with E-state index in [2.05, 4.69) is 5.32 Å². The zero-order valence-corrected chi connectivity index (χ0v) is 12.3. The first kappa shape index (κ1) is 15.0. The van der Waals surface area contributed by atoms with Crippen LogP contribution < -0.4 is 10.1 Å². The van der Waals surface area contributed by atoms with Gasteiger partial charge in [-0.1, -0.05) is 18.2 Å². The van der Waals surface area contributed by atoms with Crippen molar-refractivity contribution in [1.29, 1.82) is 0 Å². The number of rotatable bonds is 4. The number of aryl methyl sites for hydroxylation is 1. The number of anilines is 1. The Morgan fingerprint density at radius 2 is 1.71 bits per heavy atom. The van der Waals surface area contributed by atoms with E-state index in [4.69, 9.17) is 4.74 Å². The Morgan fingerprint density at radius 1 is 1.10 bits per heavy atom. The lowest BCUT2D eigenvalue weighted by Gasteiger charge is -2.25. The summed E-state index contributed by atoms with van der Waals surface area (Å²) in [5, 5.41) is 2.84. The lowest BCUT2D eigenvalue weighted by molar-refractivity contribution is -0.128. The van der Waals surface area contributed by atoms with E-state index in [0.29, 0.717) is 5.75 Å². The normalized spacial score (nSPS) is 11.0. The standard InChI is InChI=1S/C17H18FNO2/c1-12-6-4-5-7-15(12)19-16(20)17(2,3)21-14-10-8-13(18)9-11-14/h4-11H,1-3H3,(H,19,20). The van der Waals surface area contributed by atoms with Gasteiger partial charge >= 0.3 is 0 Å². The van der Waals surface area contributed by atoms with Crippen molar-refractivity contribution < 1.29 is 13.9 Å². The van der Waals surface area contributed by atoms with Gasteiger partial charge < -0.3 is 10.1 Å². The van der Waals surface area contributed by atoms with E-state index in [1.165, 1.54) is 24.3 Å². The molecule has 2 aromatic carbocycles. The van der Waals surface area contributed by atoms with E-state index >= 15 is 0 Å². The van der Waals surface area contributed by atoms with Crippen LogP contribution >= 0.6 is 0 Å². The molecule has 0 radical (unpaired) electrons. The molecule has 2 aromatic rings. The molecule has 0 aliphatic heterocycles. The molecule has 0 aliphatic rings. The minimum absolute atomic E-state index is 0.263. The largest absolute Gasteiger partial charge is 0.478 e. The Morgan fingerprint density at radius 3 is 2.33 bits per heavy atom. The fourth-order valence-corrected chi connectivity index (χ4v) is 1.83. The van der Waals surface area contributed by atoms with Crippen LogP contribution in [-0.2, 0) is 4.79 Å². The SMILES string of the molecule is Cc1ccccc1NC(=O)C(C)(C)Oc1ccc(F)cc1. The third-order valence-corrected chi connectivity index (χ3v) is 3.13. The van der Waals surface area contributed by atoms with Crippen molar-refractivity contribution in [2.24, 2.45) is 0 Å². The first-order valence-electron chi connectivity index (χ1n) is 6.70. The molecule has 1 amide bonds. The number of hydrogen-bond donors (Lipinski definition) is 1. The highest BCUT2D eigenvalue weighted by Crippen LogP contribution is 2.21. The summed E-state index contributed by atoms with van der Waals surface area (Å²) in [6.45, 7) is 5.26. The second-order valence-electron chi connectivity index (χ2n) is 5.34. The first-order valence-corrected chi connectivity index (χ1v) is 6.70. The lowest BCUT2D eigenvalue weighted by atomic mass is 10.1. The minimum atomic E-state index is -1.07. The van der Waals surface area contributed by atoms with Crippen LogP contribution in [0.15, 0.2) is 48.5 Å². The number of nitrogens with one attached hydrogen (secondary N) is 1. The molecule has 4 heteroatoms. The molecule has 0 aliphatic carbocycles. The highest BCUT2D eigenvalue weighted by molar-refractivity contribution is 5.97. The molecular weight excluding hydrogens is 269 g/mol. The molecule has 0 unspecified atom stereocenters. The molecule has 0 heterocycles. The Kier molecular flexibility index (Phi) is 4.26. The average molecular weight is 287 g/mol. The third-order valence-electron chi connectivity index (χ3n) is 3.13. The van der Waals surface area contributed by atoms with Crippen molar-refractivity contribution in [2.75, 3.05) is 5.32 Å². The van der Waals surface area contributed by atoms with Gasteiger partial charge in [-0.05, 0) is 56.7 Å². The number of ether oxygens (including phenoxy) is 1. The Balaban J connectivity index is 2.10. The summed E-state index contributed by atoms with van der Waals surface area (Å²) in [7, 11) is 0. The summed E-state index contributed by atoms with van der Waals surface area (Å²) in [4.78, 5) is 12.3. The number of amides is 1. The van der Waals surface area contributed by atoms with Gasteiger partial charge in [-0.15, -0.1) is 0 Å². The van der Waals surface area contributed by atoms with E-state index in [1.807, 2.05) is 31.2 Å². The topological polar surface area (TPSA) is 38.3 Å². The van der Waals surface area contributed by atoms with Crippen LogP contribution in [0.1, 0.15) is 19.4 Å². The molecule has 0 aromatic heterocycles. The molecule has 0 fully saturated rings. The van der Waals surface area contributed by atoms with Crippen LogP contribution in [0.25, 0.3) is 0 Å². The summed E-state index contributed by atoms with van der Waals surface area (Å²) in [6.07, 6.45) is 0. The molecule has 0 saturated carbocycles. The molecule has 110 valence electrons. The van der Waals surface area contributed by atoms with Crippen LogP contribution in [0, 0.1) is 12.7 Å². The van der Waals surface area contributed by atoms with E-state index in [0.717, 1.165) is 11.3 Å². The number of hydrogen-bond acceptors (Lipinski definition) is 2. The van der Waals surface area contributed by atoms with Gasteiger partial charge in [0.1, 0.15) is 11.6 Å². The Bertz CT molecular complexity index is 635. The second-order valence-corrected chi connectivity index (χ2v) is 5.34. The number of carbonyl (C=O) groups is 1. The molecule has 1 N–H and O–H groups in total. The molecule has 21 heavy (non-hydrogen) atoms. The summed E-state index contributed by atoms with van der Waals surface area (Å²) < 4.78 is 18.5. The number of halogens is 1. The van der Waals surface area contributed by atoms with Crippen molar-refractivity contribution >= 4 is 11.6 Å². The van der Waals surface area contributed by atoms with Crippen LogP contribution in [-0.4, -0.2) is 11.5 Å². The maximum absolute atomic E-state index is 12.9. The van der Waals surface area contributed by atoms with E-state index in [1.54, 1.807) is 13.8 Å². The Hall–Kier alpha value is -2.36. The second kappa shape index (κ2) is 5.95. The zero-order valence-electron chi connectivity index (χ0n) is 12.3. The van der Waals surface area contributed by atoms with Crippen LogP contribution in [0.3, 0.4) is 0 Å². The van der Waals surface area contributed by atoms with Gasteiger partial charge in [0.25, 0.3) is 5.91 Å². The molecule has 0 spiro atoms. The maximum Gasteiger partial charge on any atom is 0.267 e. The number of carbonyl (C=O) groups excluding carboxylic acids is 1. The van der Waals surface area contributed by atoms with Crippen molar-refractivity contribution in [3.63, 3.8) is 0 Å². The van der Waals surface area contributed by atoms with Gasteiger partial charge in [0.2, 0.25) is 0 Å². The quantitative estimate of drug-likeness (QED) is 0.925. The van der Waals surface area contributed by atoms with E-state index in [-0.39, 0.29) is 11.7 Å². The molecular formula is C17H18FNO2. The monoisotopic (exact) mass is 287 g/mol. The summed E-state index contributed by atoms with van der Waals surface area (Å²) in [5.41, 5.74) is 0.654. The molecule has 0 bridgehead atoms. The molecule has 0 saturated heterocycles. The maximum atomic E-state index is 12.9. The van der Waals surface area contributed by atoms with Crippen molar-refractivity contribution in [3.05, 3.63) is 59.9 Å². The number of para-hydroxylation sites is 1. The summed E-state index contributed by atoms with van der Waals surface area (Å²) >= 11 is 0. The highest BCUT2D eigenvalue weighted by Gasteiger charge is 2.30. The van der Waals surface area contributed by atoms with Gasteiger partial charge in [-0.3, -0.25) is 4.79 Å². The van der Waals surface area contributed by atoms with Crippen molar-refractivity contribution in [1.82, 2.24) is 0 Å². The van der Waals surface area contributed by atoms with Crippen LogP contribution in [0.5, 0.6) is 5.75 Å². The highest BCUT2D eigenvalue weighted by atomic mass is 19.1. The van der Waals surface area contributed by atoms with Gasteiger partial charge in [-0.25, -0.2) is 4.39 Å². The fraction of sp³-hybridized carbons (Fsp3) is 0.235. The smallest absolute Gasteiger partial charge is 0.267 e. The predicted molar refractivity (Wildman–Crippen MR) is 80.9 cm³/mol. The van der Waals surface area contributed by atoms with Crippen molar-refractivity contribution in [2.45, 2.75) is 26.4 Å². The Labute approximate surface area is 123 Å². The molecule has 3 nitrogen and oxygen atoms in total. The van der Waals surface area contributed by atoms with Gasteiger partial charge in [-0.2, -0.15) is 0 Å². The van der Waals surface area contributed by atoms with Gasteiger partial charge in [0.15, 0.2) is 5.60 Å². The molecule has 2 rings (SSSR count). The van der Waals surface area contributed by atoms with E-state index < -0.39 is 5.60 Å². The average Bonchev–Trinajstić information content (AvgIpc) is 2.43. The third kappa shape index (κ3) is 3.81. The predicted octanol–water partition coefficient (Wildman–Crippen LogP) is 3.93. The van der Waals surface area contributed by atoms with Gasteiger partial charge in [0.05, 0.1) is 0 Å². The zero-order chi connectivity index (χ0) is 15.5. The van der Waals surface area contributed by atoms with E-state index in [9.17, 15) is 9.18 Å². The van der Waals surface area contributed by atoms with Crippen LogP contribution in [0.2, 0.25) is 0 Å². The van der Waals surface area contributed by atoms with Gasteiger partial charge in [0, 0.05) is 5.69 Å². The lowest BCUT2D eigenvalue weighted by Crippen LogP contribution is -2.42. The molecule has 0 atom stereocenters. The minimum Gasteiger partial charge on any atom is -0.478 e. The van der Waals surface area contributed by atoms with Crippen molar-refractivity contribution in [3.8, 4) is 5.75 Å². The summed E-state index contributed by atoms with van der Waals surface area (Å²) in [5.74, 6) is -0.160. The number of benzene rings is 2. The van der Waals surface area contributed by atoms with Crippen LogP contribution in [0.4, 0.5) is 10.1 Å². The summed E-state index contributed by atoms with van der Waals surface area (Å²) in [6, 6.07) is 13.1. The fourth-order valence-electron chi connectivity index (χ4n) is 1.83. The first-order chi connectivity index (χ1) is 9.88.